The maximum Gasteiger partial charge on any atom is 0.251 e. The number of nitrogens with zero attached hydrogens (tertiary/aromatic N) is 1. The zero-order valence-corrected chi connectivity index (χ0v) is 16.1. The van der Waals surface area contributed by atoms with E-state index in [1.807, 2.05) is 19.1 Å². The summed E-state index contributed by atoms with van der Waals surface area (Å²) in [4.78, 5) is 16.8. The quantitative estimate of drug-likeness (QED) is 0.788. The first kappa shape index (κ1) is 19.2. The van der Waals surface area contributed by atoms with Crippen molar-refractivity contribution in [2.24, 2.45) is 5.92 Å². The molecular weight excluding hydrogens is 340 g/mol. The molecule has 0 aliphatic heterocycles. The Kier molecular flexibility index (Phi) is 6.69. The molecule has 1 N–H and O–H groups in total. The molecule has 0 spiro atoms. The third-order valence-corrected chi connectivity index (χ3v) is 5.05. The Morgan fingerprint density at radius 3 is 2.78 bits per heavy atom. The van der Waals surface area contributed by atoms with Crippen molar-refractivity contribution in [2.45, 2.75) is 52.2 Å². The molecule has 1 aromatic carbocycles. The van der Waals surface area contributed by atoms with Crippen molar-refractivity contribution >= 4 is 5.91 Å². The van der Waals surface area contributed by atoms with Crippen LogP contribution in [0, 0.1) is 5.92 Å². The molecular formula is C22H28N2O3. The molecule has 0 radical (unpaired) electrons. The van der Waals surface area contributed by atoms with Gasteiger partial charge in [-0.05, 0) is 49.9 Å². The van der Waals surface area contributed by atoms with E-state index in [0.29, 0.717) is 36.2 Å². The van der Waals surface area contributed by atoms with Gasteiger partial charge < -0.3 is 14.8 Å². The lowest BCUT2D eigenvalue weighted by Crippen LogP contribution is -2.41. The fourth-order valence-electron chi connectivity index (χ4n) is 3.46. The highest BCUT2D eigenvalue weighted by Gasteiger charge is 2.23. The first-order chi connectivity index (χ1) is 13.2. The molecule has 0 bridgehead atoms. The van der Waals surface area contributed by atoms with Crippen molar-refractivity contribution in [3.8, 4) is 11.5 Å². The lowest BCUT2D eigenvalue weighted by Gasteiger charge is -2.29. The summed E-state index contributed by atoms with van der Waals surface area (Å²) in [5.41, 5.74) is 1.58. The Morgan fingerprint density at radius 1 is 1.19 bits per heavy atom. The van der Waals surface area contributed by atoms with E-state index in [0.717, 1.165) is 12.0 Å². The maximum absolute atomic E-state index is 12.7. The van der Waals surface area contributed by atoms with Gasteiger partial charge in [0.2, 0.25) is 0 Å². The number of pyridine rings is 1. The summed E-state index contributed by atoms with van der Waals surface area (Å²) in [6, 6.07) is 9.46. The monoisotopic (exact) mass is 368 g/mol. The SMILES string of the molecule is CCOc1cc(C(=O)N[C@H]2CCCC[C@@H]2C)ccc1OCc1cccnc1. The predicted octanol–water partition coefficient (Wildman–Crippen LogP) is 4.37. The number of hydrogen-bond acceptors (Lipinski definition) is 4. The molecule has 1 saturated carbocycles. The zero-order valence-electron chi connectivity index (χ0n) is 16.1. The van der Waals surface area contributed by atoms with Crippen LogP contribution < -0.4 is 14.8 Å². The van der Waals surface area contributed by atoms with Crippen LogP contribution in [0.5, 0.6) is 11.5 Å². The van der Waals surface area contributed by atoms with E-state index in [1.54, 1.807) is 30.6 Å². The van der Waals surface area contributed by atoms with E-state index in [1.165, 1.54) is 19.3 Å². The van der Waals surface area contributed by atoms with E-state index in [2.05, 4.69) is 17.2 Å². The molecule has 2 aromatic rings. The Morgan fingerprint density at radius 2 is 2.04 bits per heavy atom. The Bertz CT molecular complexity index is 748. The number of hydrogen-bond donors (Lipinski definition) is 1. The van der Waals surface area contributed by atoms with E-state index in [4.69, 9.17) is 9.47 Å². The van der Waals surface area contributed by atoms with E-state index < -0.39 is 0 Å². The molecule has 0 unspecified atom stereocenters. The molecule has 2 atom stereocenters. The topological polar surface area (TPSA) is 60.5 Å². The van der Waals surface area contributed by atoms with Gasteiger partial charge in [0.25, 0.3) is 5.91 Å². The van der Waals surface area contributed by atoms with Crippen LogP contribution in [0.2, 0.25) is 0 Å². The zero-order chi connectivity index (χ0) is 19.1. The van der Waals surface area contributed by atoms with Crippen LogP contribution in [0.4, 0.5) is 0 Å². The minimum atomic E-state index is -0.0477. The van der Waals surface area contributed by atoms with Crippen molar-refractivity contribution in [3.63, 3.8) is 0 Å². The molecule has 1 amide bonds. The standard InChI is InChI=1S/C22H28N2O3/c1-3-26-21-13-18(22(25)24-19-9-5-4-7-16(19)2)10-11-20(21)27-15-17-8-6-12-23-14-17/h6,8,10-14,16,19H,3-5,7,9,15H2,1-2H3,(H,24,25)/t16-,19-/m0/s1. The second kappa shape index (κ2) is 9.40. The minimum absolute atomic E-state index is 0.0477. The largest absolute Gasteiger partial charge is 0.490 e. The molecule has 1 aliphatic rings. The summed E-state index contributed by atoms with van der Waals surface area (Å²) >= 11 is 0. The van der Waals surface area contributed by atoms with Crippen molar-refractivity contribution in [1.29, 1.82) is 0 Å². The average molecular weight is 368 g/mol. The number of benzene rings is 1. The van der Waals surface area contributed by atoms with Crippen molar-refractivity contribution in [2.75, 3.05) is 6.61 Å². The first-order valence-corrected chi connectivity index (χ1v) is 9.76. The third-order valence-electron chi connectivity index (χ3n) is 5.05. The van der Waals surface area contributed by atoms with Gasteiger partial charge in [0.1, 0.15) is 6.61 Å². The lowest BCUT2D eigenvalue weighted by atomic mass is 9.86. The molecule has 3 rings (SSSR count). The van der Waals surface area contributed by atoms with Gasteiger partial charge in [-0.25, -0.2) is 0 Å². The Labute approximate surface area is 161 Å². The highest BCUT2D eigenvalue weighted by molar-refractivity contribution is 5.95. The van der Waals surface area contributed by atoms with Crippen LogP contribution in [0.1, 0.15) is 55.5 Å². The number of ether oxygens (including phenoxy) is 2. The smallest absolute Gasteiger partial charge is 0.251 e. The van der Waals surface area contributed by atoms with E-state index in [-0.39, 0.29) is 11.9 Å². The number of amides is 1. The number of rotatable bonds is 7. The molecule has 5 nitrogen and oxygen atoms in total. The molecule has 144 valence electrons. The van der Waals surface area contributed by atoms with Crippen LogP contribution in [0.25, 0.3) is 0 Å². The summed E-state index contributed by atoms with van der Waals surface area (Å²) in [6.07, 6.45) is 8.17. The molecule has 0 saturated heterocycles. The molecule has 1 fully saturated rings. The first-order valence-electron chi connectivity index (χ1n) is 9.76. The van der Waals surface area contributed by atoms with E-state index in [9.17, 15) is 4.79 Å². The van der Waals surface area contributed by atoms with Crippen LogP contribution >= 0.6 is 0 Å². The lowest BCUT2D eigenvalue weighted by molar-refractivity contribution is 0.0909. The highest BCUT2D eigenvalue weighted by atomic mass is 16.5. The Hall–Kier alpha value is -2.56. The van der Waals surface area contributed by atoms with Crippen molar-refractivity contribution in [3.05, 3.63) is 53.9 Å². The Balaban J connectivity index is 1.69. The number of aromatic nitrogens is 1. The van der Waals surface area contributed by atoms with Crippen LogP contribution in [-0.4, -0.2) is 23.5 Å². The third kappa shape index (κ3) is 5.22. The van der Waals surface area contributed by atoms with E-state index >= 15 is 0 Å². The molecule has 5 heteroatoms. The predicted molar refractivity (Wildman–Crippen MR) is 105 cm³/mol. The van der Waals surface area contributed by atoms with Gasteiger partial charge in [0.05, 0.1) is 6.61 Å². The van der Waals surface area contributed by atoms with Gasteiger partial charge in [0, 0.05) is 29.6 Å². The highest BCUT2D eigenvalue weighted by Crippen LogP contribution is 2.30. The summed E-state index contributed by atoms with van der Waals surface area (Å²) in [6.45, 7) is 5.04. The van der Waals surface area contributed by atoms with Crippen LogP contribution in [0.3, 0.4) is 0 Å². The summed E-state index contributed by atoms with van der Waals surface area (Å²) in [5, 5.41) is 3.19. The fraction of sp³-hybridized carbons (Fsp3) is 0.455. The van der Waals surface area contributed by atoms with Gasteiger partial charge in [-0.15, -0.1) is 0 Å². The van der Waals surface area contributed by atoms with Gasteiger partial charge in [-0.1, -0.05) is 25.8 Å². The average Bonchev–Trinajstić information content (AvgIpc) is 2.69. The summed E-state index contributed by atoms with van der Waals surface area (Å²) in [5.74, 6) is 1.69. The number of nitrogens with one attached hydrogen (secondary N) is 1. The van der Waals surface area contributed by atoms with Crippen molar-refractivity contribution < 1.29 is 14.3 Å². The number of carbonyl (C=O) groups is 1. The van der Waals surface area contributed by atoms with Gasteiger partial charge in [-0.3, -0.25) is 9.78 Å². The summed E-state index contributed by atoms with van der Waals surface area (Å²) < 4.78 is 11.6. The van der Waals surface area contributed by atoms with Gasteiger partial charge >= 0.3 is 0 Å². The molecule has 1 heterocycles. The van der Waals surface area contributed by atoms with Crippen LogP contribution in [-0.2, 0) is 6.61 Å². The van der Waals surface area contributed by atoms with Crippen LogP contribution in [0.15, 0.2) is 42.7 Å². The molecule has 1 aliphatic carbocycles. The van der Waals surface area contributed by atoms with Gasteiger partial charge in [0.15, 0.2) is 11.5 Å². The second-order valence-corrected chi connectivity index (χ2v) is 7.09. The number of carbonyl (C=O) groups excluding carboxylic acids is 1. The van der Waals surface area contributed by atoms with Crippen molar-refractivity contribution in [1.82, 2.24) is 10.3 Å². The fourth-order valence-corrected chi connectivity index (χ4v) is 3.46. The van der Waals surface area contributed by atoms with Gasteiger partial charge in [-0.2, -0.15) is 0 Å². The second-order valence-electron chi connectivity index (χ2n) is 7.09. The molecule has 27 heavy (non-hydrogen) atoms. The maximum atomic E-state index is 12.7. The minimum Gasteiger partial charge on any atom is -0.490 e. The molecule has 1 aromatic heterocycles. The normalized spacial score (nSPS) is 19.3. The summed E-state index contributed by atoms with van der Waals surface area (Å²) in [7, 11) is 0.